The summed E-state index contributed by atoms with van der Waals surface area (Å²) >= 11 is 3.11. The molecule has 118 valence electrons. The molecule has 0 unspecified atom stereocenters. The monoisotopic (exact) mass is 345 g/mol. The van der Waals surface area contributed by atoms with Crippen LogP contribution >= 0.6 is 22.7 Å². The van der Waals surface area contributed by atoms with E-state index in [9.17, 15) is 9.59 Å². The van der Waals surface area contributed by atoms with Crippen LogP contribution in [0.1, 0.15) is 29.1 Å². The standard InChI is InChI=1S/C17H15NO3S2/c1-3-21-17(20)13-10-12(14-6-4-8-22-14)16(18(13)11(2)19)15-7-5-9-23-15/h4-10H,3H2,1-2H3. The van der Waals surface area contributed by atoms with E-state index in [1.54, 1.807) is 24.3 Å². The Morgan fingerprint density at radius 3 is 2.30 bits per heavy atom. The number of hydrogen-bond acceptors (Lipinski definition) is 5. The molecule has 0 saturated heterocycles. The molecule has 0 spiro atoms. The number of aromatic nitrogens is 1. The van der Waals surface area contributed by atoms with Crippen molar-refractivity contribution >= 4 is 34.6 Å². The Morgan fingerprint density at radius 2 is 1.78 bits per heavy atom. The van der Waals surface area contributed by atoms with Gasteiger partial charge < -0.3 is 4.74 Å². The summed E-state index contributed by atoms with van der Waals surface area (Å²) in [6.07, 6.45) is 0. The van der Waals surface area contributed by atoms with Crippen LogP contribution in [-0.2, 0) is 4.74 Å². The zero-order valence-corrected chi connectivity index (χ0v) is 14.4. The summed E-state index contributed by atoms with van der Waals surface area (Å²) in [7, 11) is 0. The fourth-order valence-electron chi connectivity index (χ4n) is 2.47. The van der Waals surface area contributed by atoms with Gasteiger partial charge in [0.2, 0.25) is 5.91 Å². The van der Waals surface area contributed by atoms with Gasteiger partial charge in [0, 0.05) is 17.4 Å². The summed E-state index contributed by atoms with van der Waals surface area (Å²) in [5.41, 5.74) is 1.89. The zero-order chi connectivity index (χ0) is 16.4. The Kier molecular flexibility index (Phi) is 4.45. The quantitative estimate of drug-likeness (QED) is 0.639. The lowest BCUT2D eigenvalue weighted by Gasteiger charge is -2.09. The van der Waals surface area contributed by atoms with Crippen molar-refractivity contribution in [2.24, 2.45) is 0 Å². The van der Waals surface area contributed by atoms with Gasteiger partial charge in [-0.25, -0.2) is 4.79 Å². The largest absolute Gasteiger partial charge is 0.461 e. The topological polar surface area (TPSA) is 48.3 Å². The molecule has 0 fully saturated rings. The van der Waals surface area contributed by atoms with E-state index >= 15 is 0 Å². The first-order chi connectivity index (χ1) is 11.1. The van der Waals surface area contributed by atoms with Gasteiger partial charge in [-0.05, 0) is 35.9 Å². The van der Waals surface area contributed by atoms with Crippen molar-refractivity contribution in [1.29, 1.82) is 0 Å². The second-order valence-corrected chi connectivity index (χ2v) is 6.72. The fourth-order valence-corrected chi connectivity index (χ4v) is 3.99. The number of carbonyl (C=O) groups excluding carboxylic acids is 2. The van der Waals surface area contributed by atoms with Crippen molar-refractivity contribution in [1.82, 2.24) is 4.57 Å². The third kappa shape index (κ3) is 2.87. The first kappa shape index (κ1) is 15.7. The second-order valence-electron chi connectivity index (χ2n) is 4.82. The molecule has 0 aromatic carbocycles. The SMILES string of the molecule is CCOC(=O)c1cc(-c2cccs2)c(-c2cccs2)n1C(C)=O. The summed E-state index contributed by atoms with van der Waals surface area (Å²) in [5.74, 6) is -0.692. The Morgan fingerprint density at radius 1 is 1.13 bits per heavy atom. The van der Waals surface area contributed by atoms with Crippen molar-refractivity contribution in [2.45, 2.75) is 13.8 Å². The third-order valence-corrected chi connectivity index (χ3v) is 5.12. The number of thiophene rings is 2. The third-order valence-electron chi connectivity index (χ3n) is 3.34. The molecule has 0 aliphatic heterocycles. The summed E-state index contributed by atoms with van der Waals surface area (Å²) in [6.45, 7) is 3.47. The molecule has 4 nitrogen and oxygen atoms in total. The minimum Gasteiger partial charge on any atom is -0.461 e. The van der Waals surface area contributed by atoms with Crippen molar-refractivity contribution in [3.05, 3.63) is 46.8 Å². The molecular formula is C17H15NO3S2. The van der Waals surface area contributed by atoms with E-state index in [1.807, 2.05) is 35.0 Å². The smallest absolute Gasteiger partial charge is 0.355 e. The lowest BCUT2D eigenvalue weighted by molar-refractivity contribution is 0.0509. The van der Waals surface area contributed by atoms with Gasteiger partial charge in [0.1, 0.15) is 5.69 Å². The van der Waals surface area contributed by atoms with E-state index in [1.165, 1.54) is 22.8 Å². The Bertz CT molecular complexity index is 830. The summed E-state index contributed by atoms with van der Waals surface area (Å²) in [4.78, 5) is 26.5. The molecule has 23 heavy (non-hydrogen) atoms. The lowest BCUT2D eigenvalue weighted by atomic mass is 10.1. The number of esters is 1. The highest BCUT2D eigenvalue weighted by molar-refractivity contribution is 7.14. The fraction of sp³-hybridized carbons (Fsp3) is 0.176. The van der Waals surface area contributed by atoms with Crippen LogP contribution in [0.15, 0.2) is 41.1 Å². The molecule has 0 amide bonds. The molecule has 0 N–H and O–H groups in total. The highest BCUT2D eigenvalue weighted by atomic mass is 32.1. The minimum absolute atomic E-state index is 0.209. The van der Waals surface area contributed by atoms with Gasteiger partial charge in [0.15, 0.2) is 0 Å². The van der Waals surface area contributed by atoms with Crippen molar-refractivity contribution in [2.75, 3.05) is 6.61 Å². The Hall–Kier alpha value is -2.18. The number of nitrogens with zero attached hydrogens (tertiary/aromatic N) is 1. The number of carbonyl (C=O) groups is 2. The van der Waals surface area contributed by atoms with E-state index in [0.717, 1.165) is 21.0 Å². The molecule has 3 rings (SSSR count). The maximum atomic E-state index is 12.3. The van der Waals surface area contributed by atoms with Crippen LogP contribution in [-0.4, -0.2) is 23.1 Å². The predicted molar refractivity (Wildman–Crippen MR) is 93.3 cm³/mol. The van der Waals surface area contributed by atoms with E-state index in [0.29, 0.717) is 0 Å². The van der Waals surface area contributed by atoms with E-state index in [4.69, 9.17) is 4.74 Å². The van der Waals surface area contributed by atoms with Crippen LogP contribution in [0.5, 0.6) is 0 Å². The van der Waals surface area contributed by atoms with Crippen molar-refractivity contribution in [3.63, 3.8) is 0 Å². The van der Waals surface area contributed by atoms with E-state index in [-0.39, 0.29) is 18.2 Å². The van der Waals surface area contributed by atoms with Crippen LogP contribution in [0.25, 0.3) is 21.0 Å². The molecule has 0 saturated carbocycles. The van der Waals surface area contributed by atoms with E-state index < -0.39 is 5.97 Å². The predicted octanol–water partition coefficient (Wildman–Crippen LogP) is 4.78. The maximum Gasteiger partial charge on any atom is 0.355 e. The Labute approximate surface area is 142 Å². The van der Waals surface area contributed by atoms with Gasteiger partial charge in [-0.2, -0.15) is 0 Å². The maximum absolute atomic E-state index is 12.3. The summed E-state index contributed by atoms with van der Waals surface area (Å²) < 4.78 is 6.57. The zero-order valence-electron chi connectivity index (χ0n) is 12.7. The minimum atomic E-state index is -0.483. The van der Waals surface area contributed by atoms with Crippen LogP contribution < -0.4 is 0 Å². The van der Waals surface area contributed by atoms with Crippen LogP contribution in [0, 0.1) is 0 Å². The molecule has 0 aliphatic rings. The molecule has 0 radical (unpaired) electrons. The molecule has 6 heteroatoms. The summed E-state index contributed by atoms with van der Waals surface area (Å²) in [5, 5.41) is 3.93. The molecule has 0 aliphatic carbocycles. The highest BCUT2D eigenvalue weighted by Crippen LogP contribution is 2.39. The number of rotatable bonds is 4. The second kappa shape index (κ2) is 6.52. The number of ether oxygens (including phenoxy) is 1. The van der Waals surface area contributed by atoms with Gasteiger partial charge >= 0.3 is 5.97 Å². The average molecular weight is 345 g/mol. The normalized spacial score (nSPS) is 10.7. The lowest BCUT2D eigenvalue weighted by Crippen LogP contribution is -2.17. The van der Waals surface area contributed by atoms with Crippen LogP contribution in [0.2, 0.25) is 0 Å². The molecular weight excluding hydrogens is 330 g/mol. The van der Waals surface area contributed by atoms with Crippen LogP contribution in [0.4, 0.5) is 0 Å². The highest BCUT2D eigenvalue weighted by Gasteiger charge is 2.25. The van der Waals surface area contributed by atoms with Gasteiger partial charge in [-0.3, -0.25) is 9.36 Å². The Balaban J connectivity index is 2.29. The van der Waals surface area contributed by atoms with Gasteiger partial charge in [0.25, 0.3) is 0 Å². The molecule has 0 atom stereocenters. The van der Waals surface area contributed by atoms with Gasteiger partial charge in [0.05, 0.1) is 17.2 Å². The molecule has 3 aromatic rings. The molecule has 0 bridgehead atoms. The average Bonchev–Trinajstić information content (AvgIpc) is 3.25. The van der Waals surface area contributed by atoms with Gasteiger partial charge in [-0.1, -0.05) is 12.1 Å². The van der Waals surface area contributed by atoms with Crippen molar-refractivity contribution < 1.29 is 14.3 Å². The van der Waals surface area contributed by atoms with Crippen molar-refractivity contribution in [3.8, 4) is 21.0 Å². The van der Waals surface area contributed by atoms with E-state index in [2.05, 4.69) is 0 Å². The first-order valence-electron chi connectivity index (χ1n) is 7.15. The van der Waals surface area contributed by atoms with Crippen LogP contribution in [0.3, 0.4) is 0 Å². The molecule has 3 heterocycles. The number of hydrogen-bond donors (Lipinski definition) is 0. The molecule has 3 aromatic heterocycles. The van der Waals surface area contributed by atoms with Gasteiger partial charge in [-0.15, -0.1) is 22.7 Å². The summed E-state index contributed by atoms with van der Waals surface area (Å²) in [6, 6.07) is 9.56. The first-order valence-corrected chi connectivity index (χ1v) is 8.91.